The van der Waals surface area contributed by atoms with Gasteiger partial charge in [0.15, 0.2) is 23.7 Å². The van der Waals surface area contributed by atoms with Crippen molar-refractivity contribution in [2.75, 3.05) is 39.4 Å². The number of fused-ring (bicyclic) bond motifs is 2. The second kappa shape index (κ2) is 22.0. The number of aromatic amines is 2. The number of cyclic esters (lactones) is 2. The standard InChI is InChI=1S/C40H42F2N8O22/c41-15-7-49(39(67)47-31(15)59)9-19(53)43-3-5-45-33(61)21-13-1-2-14(24(21)36(64)70-12-18(52)30-26(56)28(58)38(66)72-30)22(23(13)35(63)69-11-17(51)29-25(55)27(57)37(65)71-29)34(62)46-6-4-44-20(54)10-50-8-16(42)32(60)48-40(50)68/h1-2,7-8,13-14,17-18,21-24,29-30,51-52,55-58H,3-6,9-12H2,(H,43,53)(H,44,54)(H,45,61)(H,46,62)(H,47,59,67)(H,48,60,68). The molecule has 1 fully saturated rings. The van der Waals surface area contributed by atoms with Crippen molar-refractivity contribution in [1.29, 1.82) is 0 Å². The summed E-state index contributed by atoms with van der Waals surface area (Å²) >= 11 is 0. The molecule has 7 rings (SSSR count). The van der Waals surface area contributed by atoms with Gasteiger partial charge in [0.05, 0.1) is 36.1 Å². The Bertz CT molecular complexity index is 2720. The fourth-order valence-corrected chi connectivity index (χ4v) is 8.21. The van der Waals surface area contributed by atoms with E-state index in [9.17, 15) is 97.0 Å². The Balaban J connectivity index is 1.23. The van der Waals surface area contributed by atoms with Crippen molar-refractivity contribution in [2.45, 2.75) is 37.5 Å². The third kappa shape index (κ3) is 11.3. The highest BCUT2D eigenvalue weighted by Gasteiger charge is 2.61. The Labute approximate surface area is 397 Å². The van der Waals surface area contributed by atoms with Crippen molar-refractivity contribution in [2.24, 2.45) is 35.5 Å². The van der Waals surface area contributed by atoms with Crippen LogP contribution in [0.3, 0.4) is 0 Å². The molecule has 2 aliphatic heterocycles. The summed E-state index contributed by atoms with van der Waals surface area (Å²) in [6.07, 6.45) is -4.45. The number of nitrogens with one attached hydrogen (secondary N) is 6. The van der Waals surface area contributed by atoms with Crippen LogP contribution in [0.4, 0.5) is 8.78 Å². The van der Waals surface area contributed by atoms with E-state index in [-0.39, 0.29) is 0 Å². The lowest BCUT2D eigenvalue weighted by atomic mass is 9.52. The zero-order valence-electron chi connectivity index (χ0n) is 36.6. The van der Waals surface area contributed by atoms with Gasteiger partial charge in [0.2, 0.25) is 46.8 Å². The van der Waals surface area contributed by atoms with Crippen molar-refractivity contribution in [3.05, 3.63) is 101 Å². The van der Waals surface area contributed by atoms with E-state index in [2.05, 4.69) is 30.7 Å². The van der Waals surface area contributed by atoms with Gasteiger partial charge in [-0.1, -0.05) is 12.2 Å². The number of hydrogen-bond acceptors (Lipinski definition) is 22. The first kappa shape index (κ1) is 52.7. The highest BCUT2D eigenvalue weighted by atomic mass is 19.1. The summed E-state index contributed by atoms with van der Waals surface area (Å²) in [4.78, 5) is 155. The van der Waals surface area contributed by atoms with Gasteiger partial charge in [-0.15, -0.1) is 0 Å². The average Bonchev–Trinajstić information content (AvgIpc) is 3.76. The number of carbonyl (C=O) groups excluding carboxylic acids is 8. The quantitative estimate of drug-likeness (QED) is 0.0254. The topological polar surface area (TPSA) is 453 Å². The molecule has 10 unspecified atom stereocenters. The summed E-state index contributed by atoms with van der Waals surface area (Å²) in [7, 11) is 0. The summed E-state index contributed by atoms with van der Waals surface area (Å²) in [6.45, 7) is -5.47. The summed E-state index contributed by atoms with van der Waals surface area (Å²) < 4.78 is 48.5. The number of aliphatic hydroxyl groups excluding tert-OH is 6. The van der Waals surface area contributed by atoms with Gasteiger partial charge in [0.25, 0.3) is 11.1 Å². The van der Waals surface area contributed by atoms with Crippen LogP contribution in [0.5, 0.6) is 0 Å². The van der Waals surface area contributed by atoms with Gasteiger partial charge >= 0.3 is 35.3 Å². The first-order chi connectivity index (χ1) is 34.0. The Hall–Kier alpha value is -8.68. The maximum absolute atomic E-state index is 14.2. The van der Waals surface area contributed by atoms with Crippen LogP contribution >= 0.6 is 0 Å². The molecule has 12 N–H and O–H groups in total. The van der Waals surface area contributed by atoms with Crippen LogP contribution < -0.4 is 43.8 Å². The van der Waals surface area contributed by atoms with E-state index in [0.29, 0.717) is 21.5 Å². The SMILES string of the molecule is O=C(Cn1cc(F)c(=O)[nH]c1=O)NCCNC(=O)C1C2C=CC(C(C(=O)NCCNC(=O)Cn3cc(F)c(=O)[nH]c3=O)C2C(=O)OCC(O)C2OC(=O)C(O)=C2O)C1C(=O)OCC(O)C1OC(=O)C(O)=C1O. The van der Waals surface area contributed by atoms with Crippen molar-refractivity contribution < 1.29 is 96.7 Å². The first-order valence-electron chi connectivity index (χ1n) is 21.1. The van der Waals surface area contributed by atoms with Gasteiger partial charge in [-0.05, 0) is 0 Å². The monoisotopic (exact) mass is 1020 g/mol. The molecule has 2 aromatic rings. The minimum Gasteiger partial charge on any atom is -0.505 e. The molecule has 1 saturated carbocycles. The molecular formula is C40H42F2N8O22. The molecule has 0 radical (unpaired) electrons. The van der Waals surface area contributed by atoms with E-state index in [1.165, 1.54) is 12.2 Å². The molecule has 2 bridgehead atoms. The Morgan fingerprint density at radius 2 is 0.931 bits per heavy atom. The van der Waals surface area contributed by atoms with Crippen LogP contribution in [0, 0.1) is 47.1 Å². The lowest BCUT2D eigenvalue weighted by Crippen LogP contribution is -2.61. The van der Waals surface area contributed by atoms with E-state index < -0.39 is 217 Å². The van der Waals surface area contributed by atoms with E-state index in [1.54, 1.807) is 9.97 Å². The Morgan fingerprint density at radius 3 is 1.26 bits per heavy atom. The highest BCUT2D eigenvalue weighted by Crippen LogP contribution is 2.52. The number of amides is 4. The van der Waals surface area contributed by atoms with Crippen LogP contribution in [0.25, 0.3) is 0 Å². The zero-order valence-corrected chi connectivity index (χ0v) is 36.6. The fraction of sp³-hybridized carbons (Fsp3) is 0.450. The molecule has 10 atom stereocenters. The molecule has 5 aliphatic rings. The maximum atomic E-state index is 14.2. The average molecular weight is 1020 g/mol. The number of nitrogens with zero attached hydrogens (tertiary/aromatic N) is 2. The number of ether oxygens (including phenoxy) is 4. The summed E-state index contributed by atoms with van der Waals surface area (Å²) in [5.41, 5.74) is -4.92. The van der Waals surface area contributed by atoms with Crippen molar-refractivity contribution in [3.63, 3.8) is 0 Å². The molecule has 3 aliphatic carbocycles. The third-order valence-corrected chi connectivity index (χ3v) is 11.6. The van der Waals surface area contributed by atoms with E-state index >= 15 is 0 Å². The van der Waals surface area contributed by atoms with Gasteiger partial charge in [-0.25, -0.2) is 19.2 Å². The predicted octanol–water partition coefficient (Wildman–Crippen LogP) is -6.58. The van der Waals surface area contributed by atoms with Gasteiger partial charge in [0, 0.05) is 38.0 Å². The molecular weight excluding hydrogens is 982 g/mol. The third-order valence-electron chi connectivity index (χ3n) is 11.6. The van der Waals surface area contributed by atoms with E-state index in [1.807, 2.05) is 0 Å². The first-order valence-corrected chi connectivity index (χ1v) is 21.1. The molecule has 72 heavy (non-hydrogen) atoms. The lowest BCUT2D eigenvalue weighted by molar-refractivity contribution is -0.179. The van der Waals surface area contributed by atoms with Gasteiger partial charge in [0.1, 0.15) is 38.5 Å². The predicted molar refractivity (Wildman–Crippen MR) is 223 cm³/mol. The molecule has 0 spiro atoms. The normalized spacial score (nSPS) is 23.9. The molecule has 0 aromatic carbocycles. The lowest BCUT2D eigenvalue weighted by Gasteiger charge is -2.50. The number of halogens is 2. The Kier molecular flexibility index (Phi) is 16.1. The fourth-order valence-electron chi connectivity index (χ4n) is 8.21. The smallest absolute Gasteiger partial charge is 0.377 e. The summed E-state index contributed by atoms with van der Waals surface area (Å²) in [5, 5.41) is 70.3. The summed E-state index contributed by atoms with van der Waals surface area (Å²) in [6, 6.07) is 0. The number of aromatic nitrogens is 4. The number of H-pyrrole nitrogens is 2. The van der Waals surface area contributed by atoms with Crippen LogP contribution in [-0.2, 0) is 70.4 Å². The van der Waals surface area contributed by atoms with Gasteiger partial charge in [-0.2, -0.15) is 8.78 Å². The number of hydrogen-bond donors (Lipinski definition) is 12. The zero-order chi connectivity index (χ0) is 52.9. The van der Waals surface area contributed by atoms with Crippen molar-refractivity contribution in [1.82, 2.24) is 40.4 Å². The number of aliphatic hydroxyl groups is 6. The minimum atomic E-state index is -2.04. The molecule has 388 valence electrons. The molecule has 2 aromatic heterocycles. The molecule has 4 heterocycles. The van der Waals surface area contributed by atoms with Crippen LogP contribution in [0.1, 0.15) is 0 Å². The maximum Gasteiger partial charge on any atom is 0.377 e. The second-order valence-corrected chi connectivity index (χ2v) is 16.2. The molecule has 30 nitrogen and oxygen atoms in total. The van der Waals surface area contributed by atoms with E-state index in [0.717, 1.165) is 0 Å². The molecule has 32 heteroatoms. The molecule has 4 amide bonds. The minimum absolute atomic E-state index is 0.404. The van der Waals surface area contributed by atoms with Gasteiger partial charge < -0.3 is 70.9 Å². The summed E-state index contributed by atoms with van der Waals surface area (Å²) in [5.74, 6) is -27.0. The van der Waals surface area contributed by atoms with E-state index in [4.69, 9.17) is 9.47 Å². The number of esters is 4. The number of rotatable bonds is 20. The van der Waals surface area contributed by atoms with Crippen molar-refractivity contribution in [3.8, 4) is 0 Å². The van der Waals surface area contributed by atoms with Crippen LogP contribution in [-0.4, -0.2) is 161 Å². The van der Waals surface area contributed by atoms with Crippen molar-refractivity contribution >= 4 is 47.5 Å². The Morgan fingerprint density at radius 1 is 0.583 bits per heavy atom. The second-order valence-electron chi connectivity index (χ2n) is 16.2. The van der Waals surface area contributed by atoms with Gasteiger partial charge in [-0.3, -0.25) is 57.5 Å². The number of carbonyl (C=O) groups is 8. The highest BCUT2D eigenvalue weighted by molar-refractivity contribution is 5.93. The molecule has 0 saturated heterocycles. The largest absolute Gasteiger partial charge is 0.505 e. The van der Waals surface area contributed by atoms with Crippen LogP contribution in [0.15, 0.2) is 66.8 Å². The number of allylic oxidation sites excluding steroid dienone is 2. The van der Waals surface area contributed by atoms with Crippen LogP contribution in [0.2, 0.25) is 0 Å².